The number of hydrogen-bond donors (Lipinski definition) is 1. The minimum Gasteiger partial charge on any atom is -0.493 e. The van der Waals surface area contributed by atoms with E-state index in [0.717, 1.165) is 42.3 Å². The second-order valence-electron chi connectivity index (χ2n) is 4.48. The third-order valence-corrected chi connectivity index (χ3v) is 4.06. The summed E-state index contributed by atoms with van der Waals surface area (Å²) in [6.45, 7) is 4.30. The van der Waals surface area contributed by atoms with E-state index in [1.807, 2.05) is 12.3 Å². The molecule has 0 saturated carbocycles. The molecule has 0 aromatic carbocycles. The second-order valence-corrected chi connectivity index (χ2v) is 5.55. The predicted molar refractivity (Wildman–Crippen MR) is 82.5 cm³/mol. The maximum atomic E-state index is 5.78. The van der Waals surface area contributed by atoms with Crippen LogP contribution in [-0.4, -0.2) is 43.6 Å². The Morgan fingerprint density at radius 2 is 2.35 bits per heavy atom. The smallest absolute Gasteiger partial charge is 0.147 e. The number of aliphatic imine (C=N–C) groups is 1. The molecule has 1 aliphatic rings. The van der Waals surface area contributed by atoms with Crippen molar-refractivity contribution in [3.63, 3.8) is 0 Å². The van der Waals surface area contributed by atoms with E-state index < -0.39 is 0 Å². The lowest BCUT2D eigenvalue weighted by molar-refractivity contribution is 0.172. The quantitative estimate of drug-likeness (QED) is 0.743. The maximum absolute atomic E-state index is 5.78. The van der Waals surface area contributed by atoms with Crippen LogP contribution in [0.4, 0.5) is 0 Å². The van der Waals surface area contributed by atoms with E-state index in [9.17, 15) is 0 Å². The summed E-state index contributed by atoms with van der Waals surface area (Å²) in [4.78, 5) is 8.77. The molecule has 0 saturated heterocycles. The molecule has 0 spiro atoms. The first-order chi connectivity index (χ1) is 9.81. The topological polar surface area (TPSA) is 55.7 Å². The van der Waals surface area contributed by atoms with Crippen molar-refractivity contribution >= 4 is 18.0 Å². The molecule has 5 nitrogen and oxygen atoms in total. The number of thioether (sulfide) groups is 1. The molecule has 2 rings (SSSR count). The van der Waals surface area contributed by atoms with Crippen molar-refractivity contribution in [2.75, 3.05) is 26.9 Å². The van der Waals surface area contributed by atoms with E-state index in [2.05, 4.69) is 22.2 Å². The fourth-order valence-corrected chi connectivity index (χ4v) is 2.85. The monoisotopic (exact) mass is 295 g/mol. The Hall–Kier alpha value is -1.11. The molecular formula is C14H21N3O2S. The highest BCUT2D eigenvalue weighted by Crippen LogP contribution is 2.25. The third-order valence-electron chi connectivity index (χ3n) is 3.01. The van der Waals surface area contributed by atoms with Crippen molar-refractivity contribution in [3.05, 3.63) is 23.5 Å². The van der Waals surface area contributed by atoms with Crippen LogP contribution < -0.4 is 10.1 Å². The van der Waals surface area contributed by atoms with Gasteiger partial charge in [-0.1, -0.05) is 0 Å². The van der Waals surface area contributed by atoms with Crippen LogP contribution in [0.1, 0.15) is 17.7 Å². The van der Waals surface area contributed by atoms with Crippen molar-refractivity contribution in [1.82, 2.24) is 10.3 Å². The predicted octanol–water partition coefficient (Wildman–Crippen LogP) is 2.00. The van der Waals surface area contributed by atoms with E-state index in [0.29, 0.717) is 6.61 Å². The average molecular weight is 295 g/mol. The van der Waals surface area contributed by atoms with E-state index in [1.54, 1.807) is 25.1 Å². The van der Waals surface area contributed by atoms with Crippen LogP contribution in [0.2, 0.25) is 0 Å². The zero-order valence-electron chi connectivity index (χ0n) is 12.0. The molecule has 0 bridgehead atoms. The third kappa shape index (κ3) is 4.47. The number of ether oxygens (including phenoxy) is 2. The lowest BCUT2D eigenvalue weighted by Crippen LogP contribution is -2.18. The molecule has 0 aliphatic carbocycles. The number of rotatable bonds is 8. The Bertz CT molecular complexity index is 454. The molecule has 0 fully saturated rings. The summed E-state index contributed by atoms with van der Waals surface area (Å²) in [7, 11) is 1.70. The summed E-state index contributed by atoms with van der Waals surface area (Å²) in [6, 6.07) is 1.92. The summed E-state index contributed by atoms with van der Waals surface area (Å²) in [5, 5.41) is 3.28. The molecule has 1 aromatic rings. The highest BCUT2D eigenvalue weighted by molar-refractivity contribution is 7.99. The molecule has 1 N–H and O–H groups in total. The molecule has 0 radical (unpaired) electrons. The molecule has 6 heteroatoms. The molecule has 110 valence electrons. The number of hydrogen-bond acceptors (Lipinski definition) is 6. The first kappa shape index (κ1) is 15.3. The van der Waals surface area contributed by atoms with Crippen molar-refractivity contribution in [2.24, 2.45) is 4.99 Å². The Labute approximate surface area is 124 Å². The van der Waals surface area contributed by atoms with Crippen LogP contribution in [0.5, 0.6) is 5.75 Å². The van der Waals surface area contributed by atoms with Crippen molar-refractivity contribution in [3.8, 4) is 5.75 Å². The summed E-state index contributed by atoms with van der Waals surface area (Å²) in [6.07, 6.45) is 4.61. The van der Waals surface area contributed by atoms with E-state index in [4.69, 9.17) is 9.47 Å². The van der Waals surface area contributed by atoms with Crippen LogP contribution >= 0.6 is 11.8 Å². The summed E-state index contributed by atoms with van der Waals surface area (Å²) in [5.74, 6) is 1.74. The van der Waals surface area contributed by atoms with Crippen molar-refractivity contribution < 1.29 is 9.47 Å². The molecule has 0 amide bonds. The normalized spacial score (nSPS) is 17.6. The average Bonchev–Trinajstić information content (AvgIpc) is 2.97. The van der Waals surface area contributed by atoms with Gasteiger partial charge < -0.3 is 9.47 Å². The molecule has 2 heterocycles. The molecular weight excluding hydrogens is 274 g/mol. The number of pyridine rings is 1. The van der Waals surface area contributed by atoms with E-state index >= 15 is 0 Å². The number of nitrogens with one attached hydrogen (secondary N) is 1. The maximum Gasteiger partial charge on any atom is 0.147 e. The zero-order valence-corrected chi connectivity index (χ0v) is 12.8. The number of aromatic nitrogens is 1. The van der Waals surface area contributed by atoms with Gasteiger partial charge in [-0.15, -0.1) is 11.8 Å². The van der Waals surface area contributed by atoms with Gasteiger partial charge in [0, 0.05) is 50.4 Å². The van der Waals surface area contributed by atoms with Gasteiger partial charge in [0.25, 0.3) is 0 Å². The Balaban J connectivity index is 1.87. The largest absolute Gasteiger partial charge is 0.493 e. The lowest BCUT2D eigenvalue weighted by Gasteiger charge is -2.13. The number of nitrogens with zero attached hydrogens (tertiary/aromatic N) is 2. The Morgan fingerprint density at radius 3 is 3.10 bits per heavy atom. The Morgan fingerprint density at radius 1 is 1.45 bits per heavy atom. The molecule has 1 unspecified atom stereocenters. The Kier molecular flexibility index (Phi) is 6.29. The van der Waals surface area contributed by atoms with E-state index in [-0.39, 0.29) is 5.50 Å². The van der Waals surface area contributed by atoms with Gasteiger partial charge in [-0.05, 0) is 13.0 Å². The van der Waals surface area contributed by atoms with Crippen molar-refractivity contribution in [2.45, 2.75) is 24.6 Å². The van der Waals surface area contributed by atoms with Gasteiger partial charge in [0.2, 0.25) is 0 Å². The van der Waals surface area contributed by atoms with E-state index in [1.165, 1.54) is 0 Å². The fourth-order valence-electron chi connectivity index (χ4n) is 1.86. The van der Waals surface area contributed by atoms with Gasteiger partial charge in [0.05, 0.1) is 12.3 Å². The van der Waals surface area contributed by atoms with Gasteiger partial charge in [0.1, 0.15) is 11.2 Å². The molecule has 20 heavy (non-hydrogen) atoms. The summed E-state index contributed by atoms with van der Waals surface area (Å²) < 4.78 is 10.8. The van der Waals surface area contributed by atoms with Crippen LogP contribution in [0.15, 0.2) is 17.3 Å². The van der Waals surface area contributed by atoms with Crippen LogP contribution in [-0.2, 0) is 10.5 Å². The minimum atomic E-state index is 0.155. The molecule has 1 aliphatic heterocycles. The summed E-state index contributed by atoms with van der Waals surface area (Å²) >= 11 is 1.74. The lowest BCUT2D eigenvalue weighted by atomic mass is 10.2. The standard InChI is InChI=1S/C14H21N3O2S/c1-11-12(10-20-14-16-6-7-17-14)15-5-4-13(11)19-9-3-8-18-2/h4-6,14,17H,3,7-10H2,1-2H3. The fraction of sp³-hybridized carbons (Fsp3) is 0.571. The highest BCUT2D eigenvalue weighted by atomic mass is 32.2. The zero-order chi connectivity index (χ0) is 14.2. The SMILES string of the molecule is COCCCOc1ccnc(CSC2N=CCN2)c1C. The molecule has 1 atom stereocenters. The molecule has 1 aromatic heterocycles. The van der Waals surface area contributed by atoms with Gasteiger partial charge >= 0.3 is 0 Å². The number of methoxy groups -OCH3 is 1. The van der Waals surface area contributed by atoms with Crippen molar-refractivity contribution in [1.29, 1.82) is 0 Å². The van der Waals surface area contributed by atoms with Gasteiger partial charge in [-0.2, -0.15) is 0 Å². The van der Waals surface area contributed by atoms with Crippen LogP contribution in [0, 0.1) is 6.92 Å². The van der Waals surface area contributed by atoms with Gasteiger partial charge in [-0.3, -0.25) is 15.3 Å². The highest BCUT2D eigenvalue weighted by Gasteiger charge is 2.12. The first-order valence-corrected chi connectivity index (χ1v) is 7.79. The first-order valence-electron chi connectivity index (χ1n) is 6.74. The van der Waals surface area contributed by atoms with Gasteiger partial charge in [0.15, 0.2) is 0 Å². The van der Waals surface area contributed by atoms with Crippen LogP contribution in [0.25, 0.3) is 0 Å². The van der Waals surface area contributed by atoms with Crippen LogP contribution in [0.3, 0.4) is 0 Å². The second kappa shape index (κ2) is 8.24. The summed E-state index contributed by atoms with van der Waals surface area (Å²) in [5.41, 5.74) is 2.32. The minimum absolute atomic E-state index is 0.155. The van der Waals surface area contributed by atoms with Gasteiger partial charge in [-0.25, -0.2) is 0 Å².